The molecule has 0 spiro atoms. The summed E-state index contributed by atoms with van der Waals surface area (Å²) in [6, 6.07) is 0. The second-order valence-electron chi connectivity index (χ2n) is 2.96. The van der Waals surface area contributed by atoms with Gasteiger partial charge in [-0.15, -0.1) is 12.3 Å². The topological polar surface area (TPSA) is 17.1 Å². The van der Waals surface area contributed by atoms with Gasteiger partial charge in [-0.1, -0.05) is 0 Å². The minimum atomic E-state index is 0.335. The van der Waals surface area contributed by atoms with Gasteiger partial charge in [0.05, 0.1) is 0 Å². The monoisotopic (exact) mass is 136 g/mol. The molecule has 0 aromatic carbocycles. The lowest BCUT2D eigenvalue weighted by Gasteiger charge is -1.89. The highest BCUT2D eigenvalue weighted by atomic mass is 16.1. The van der Waals surface area contributed by atoms with E-state index in [4.69, 9.17) is 6.42 Å². The molecule has 1 aliphatic carbocycles. The molecule has 0 N–H and O–H groups in total. The molecule has 1 saturated carbocycles. The average Bonchev–Trinajstić information content (AvgIpc) is 2.62. The first-order valence-electron chi connectivity index (χ1n) is 3.69. The summed E-state index contributed by atoms with van der Waals surface area (Å²) >= 11 is 0. The highest BCUT2D eigenvalue weighted by Gasteiger charge is 2.39. The molecule has 1 fully saturated rings. The lowest BCUT2D eigenvalue weighted by Crippen LogP contribution is -1.94. The van der Waals surface area contributed by atoms with Crippen molar-refractivity contribution in [2.75, 3.05) is 0 Å². The summed E-state index contributed by atoms with van der Waals surface area (Å²) in [5, 5.41) is 0. The van der Waals surface area contributed by atoms with Crippen molar-refractivity contribution in [2.24, 2.45) is 11.8 Å². The predicted octanol–water partition coefficient (Wildman–Crippen LogP) is 1.62. The highest BCUT2D eigenvalue weighted by Crippen LogP contribution is 2.42. The number of hydrogen-bond donors (Lipinski definition) is 0. The Bertz CT molecular complexity index is 176. The fourth-order valence-corrected chi connectivity index (χ4v) is 1.33. The molecule has 1 rings (SSSR count). The van der Waals surface area contributed by atoms with Gasteiger partial charge in [-0.25, -0.2) is 0 Å². The maximum Gasteiger partial charge on any atom is 0.133 e. The van der Waals surface area contributed by atoms with E-state index >= 15 is 0 Å². The van der Waals surface area contributed by atoms with E-state index in [-0.39, 0.29) is 0 Å². The third-order valence-electron chi connectivity index (χ3n) is 2.10. The van der Waals surface area contributed by atoms with Crippen LogP contribution in [0.5, 0.6) is 0 Å². The molecule has 0 heterocycles. The first-order valence-corrected chi connectivity index (χ1v) is 3.69. The Morgan fingerprint density at radius 1 is 1.80 bits per heavy atom. The molecule has 0 radical (unpaired) electrons. The molecule has 0 amide bonds. The first kappa shape index (κ1) is 7.34. The Hall–Kier alpha value is -0.770. The fraction of sp³-hybridized carbons (Fsp3) is 0.667. The van der Waals surface area contributed by atoms with Crippen LogP contribution >= 0.6 is 0 Å². The molecule has 10 heavy (non-hydrogen) atoms. The van der Waals surface area contributed by atoms with E-state index in [9.17, 15) is 4.79 Å². The molecule has 2 unspecified atom stereocenters. The molecular formula is C9H12O. The first-order chi connectivity index (χ1) is 4.75. The summed E-state index contributed by atoms with van der Waals surface area (Å²) in [7, 11) is 0. The van der Waals surface area contributed by atoms with Crippen LogP contribution in [-0.2, 0) is 4.79 Å². The molecule has 0 aromatic heterocycles. The summed E-state index contributed by atoms with van der Waals surface area (Å²) in [4.78, 5) is 10.7. The Morgan fingerprint density at radius 3 is 2.90 bits per heavy atom. The van der Waals surface area contributed by atoms with E-state index < -0.39 is 0 Å². The number of terminal acetylenes is 1. The maximum atomic E-state index is 10.7. The zero-order valence-electron chi connectivity index (χ0n) is 6.26. The van der Waals surface area contributed by atoms with Crippen molar-refractivity contribution in [3.8, 4) is 12.3 Å². The fourth-order valence-electron chi connectivity index (χ4n) is 1.33. The van der Waals surface area contributed by atoms with Gasteiger partial charge in [-0.3, -0.25) is 4.79 Å². The van der Waals surface area contributed by atoms with Crippen molar-refractivity contribution in [3.05, 3.63) is 0 Å². The third-order valence-corrected chi connectivity index (χ3v) is 2.10. The summed E-state index contributed by atoms with van der Waals surface area (Å²) < 4.78 is 0. The number of carbonyl (C=O) groups is 1. The van der Waals surface area contributed by atoms with Crippen molar-refractivity contribution in [3.63, 3.8) is 0 Å². The normalized spacial score (nSPS) is 29.2. The lowest BCUT2D eigenvalue weighted by atomic mass is 10.1. The molecule has 1 nitrogen and oxygen atoms in total. The Balaban J connectivity index is 2.15. The van der Waals surface area contributed by atoms with Crippen molar-refractivity contribution >= 4 is 5.78 Å². The smallest absolute Gasteiger partial charge is 0.133 e. The Kier molecular flexibility index (Phi) is 2.11. The van der Waals surface area contributed by atoms with E-state index in [1.807, 2.05) is 0 Å². The van der Waals surface area contributed by atoms with Gasteiger partial charge in [0.1, 0.15) is 5.78 Å². The standard InChI is InChI=1S/C9H12O/c1-3-4-5-8-6-9(8)7(2)10/h1,8-9H,4-6H2,2H3. The summed E-state index contributed by atoms with van der Waals surface area (Å²) in [5.74, 6) is 3.90. The van der Waals surface area contributed by atoms with Crippen LogP contribution < -0.4 is 0 Å². The minimum Gasteiger partial charge on any atom is -0.300 e. The van der Waals surface area contributed by atoms with Crippen molar-refractivity contribution < 1.29 is 4.79 Å². The van der Waals surface area contributed by atoms with Gasteiger partial charge < -0.3 is 0 Å². The third kappa shape index (κ3) is 1.60. The number of rotatable bonds is 3. The number of carbonyl (C=O) groups excluding carboxylic acids is 1. The molecule has 0 aliphatic heterocycles. The van der Waals surface area contributed by atoms with Crippen LogP contribution in [0.25, 0.3) is 0 Å². The van der Waals surface area contributed by atoms with Crippen molar-refractivity contribution in [1.82, 2.24) is 0 Å². The van der Waals surface area contributed by atoms with Crippen LogP contribution in [0.15, 0.2) is 0 Å². The van der Waals surface area contributed by atoms with E-state index in [1.165, 1.54) is 0 Å². The van der Waals surface area contributed by atoms with Gasteiger partial charge in [0, 0.05) is 12.3 Å². The molecular weight excluding hydrogens is 124 g/mol. The second-order valence-corrected chi connectivity index (χ2v) is 2.96. The molecule has 0 bridgehead atoms. The minimum absolute atomic E-state index is 0.335. The SMILES string of the molecule is C#CCCC1CC1C(C)=O. The van der Waals surface area contributed by atoms with Gasteiger partial charge in [-0.05, 0) is 25.7 Å². The van der Waals surface area contributed by atoms with Gasteiger partial charge in [-0.2, -0.15) is 0 Å². The van der Waals surface area contributed by atoms with Crippen molar-refractivity contribution in [1.29, 1.82) is 0 Å². The molecule has 2 atom stereocenters. The Labute approximate surface area is 61.8 Å². The summed E-state index contributed by atoms with van der Waals surface area (Å²) in [5.41, 5.74) is 0. The number of ketones is 1. The van der Waals surface area contributed by atoms with E-state index in [1.54, 1.807) is 6.92 Å². The van der Waals surface area contributed by atoms with Crippen LogP contribution in [0.1, 0.15) is 26.2 Å². The van der Waals surface area contributed by atoms with E-state index in [2.05, 4.69) is 5.92 Å². The van der Waals surface area contributed by atoms with Crippen LogP contribution in [0.4, 0.5) is 0 Å². The second kappa shape index (κ2) is 2.88. The zero-order chi connectivity index (χ0) is 7.56. The van der Waals surface area contributed by atoms with E-state index in [0.29, 0.717) is 17.6 Å². The predicted molar refractivity (Wildman–Crippen MR) is 40.3 cm³/mol. The van der Waals surface area contributed by atoms with Crippen LogP contribution in [0, 0.1) is 24.2 Å². The van der Waals surface area contributed by atoms with Crippen LogP contribution in [-0.4, -0.2) is 5.78 Å². The lowest BCUT2D eigenvalue weighted by molar-refractivity contribution is -0.118. The molecule has 0 aromatic rings. The van der Waals surface area contributed by atoms with Gasteiger partial charge in [0.15, 0.2) is 0 Å². The van der Waals surface area contributed by atoms with Crippen LogP contribution in [0.3, 0.4) is 0 Å². The van der Waals surface area contributed by atoms with Crippen molar-refractivity contribution in [2.45, 2.75) is 26.2 Å². The molecule has 0 saturated heterocycles. The quantitative estimate of drug-likeness (QED) is 0.539. The number of hydrogen-bond acceptors (Lipinski definition) is 1. The van der Waals surface area contributed by atoms with Gasteiger partial charge in [0.2, 0.25) is 0 Å². The van der Waals surface area contributed by atoms with Crippen LogP contribution in [0.2, 0.25) is 0 Å². The molecule has 1 heteroatoms. The zero-order valence-corrected chi connectivity index (χ0v) is 6.26. The largest absolute Gasteiger partial charge is 0.300 e. The maximum absolute atomic E-state index is 10.7. The molecule has 1 aliphatic rings. The average molecular weight is 136 g/mol. The summed E-state index contributed by atoms with van der Waals surface area (Å²) in [6.45, 7) is 1.67. The van der Waals surface area contributed by atoms with Gasteiger partial charge >= 0.3 is 0 Å². The van der Waals surface area contributed by atoms with E-state index in [0.717, 1.165) is 19.3 Å². The number of Topliss-reactive ketones (excluding diaryl/α,β-unsaturated/α-hetero) is 1. The Morgan fingerprint density at radius 2 is 2.50 bits per heavy atom. The van der Waals surface area contributed by atoms with Gasteiger partial charge in [0.25, 0.3) is 0 Å². The highest BCUT2D eigenvalue weighted by molar-refractivity contribution is 5.81. The molecule has 54 valence electrons. The summed E-state index contributed by atoms with van der Waals surface area (Å²) in [6.07, 6.45) is 8.04.